The fraction of sp³-hybridized carbons (Fsp3) is 0.333. The van der Waals surface area contributed by atoms with Crippen molar-refractivity contribution < 1.29 is 0 Å². The van der Waals surface area contributed by atoms with Gasteiger partial charge in [0.25, 0.3) is 0 Å². The first-order valence-electron chi connectivity index (χ1n) is 5.05. The van der Waals surface area contributed by atoms with E-state index in [1.165, 1.54) is 5.56 Å². The van der Waals surface area contributed by atoms with Crippen LogP contribution in [-0.4, -0.2) is 4.98 Å². The molecule has 0 bridgehead atoms. The summed E-state index contributed by atoms with van der Waals surface area (Å²) in [6, 6.07) is 3.96. The van der Waals surface area contributed by atoms with Crippen LogP contribution in [0.25, 0.3) is 10.9 Å². The Bertz CT molecular complexity index is 512. The summed E-state index contributed by atoms with van der Waals surface area (Å²) in [7, 11) is 0. The molecule has 2 aromatic rings. The molecule has 2 nitrogen and oxygen atoms in total. The summed E-state index contributed by atoms with van der Waals surface area (Å²) in [4.78, 5) is 3.36. The summed E-state index contributed by atoms with van der Waals surface area (Å²) in [5.41, 5.74) is 10.4. The van der Waals surface area contributed by atoms with Crippen molar-refractivity contribution in [3.8, 4) is 0 Å². The molecule has 1 atom stereocenters. The van der Waals surface area contributed by atoms with Crippen LogP contribution >= 0.6 is 11.6 Å². The number of fused-ring (bicyclic) bond motifs is 1. The SMILES string of the molecule is Cc1ccc(Cl)c2c(C)c(C(C)N)[nH]c12. The molecule has 3 N–H and O–H groups in total. The first kappa shape index (κ1) is 10.5. The topological polar surface area (TPSA) is 41.8 Å². The zero-order valence-electron chi connectivity index (χ0n) is 9.19. The summed E-state index contributed by atoms with van der Waals surface area (Å²) in [5, 5.41) is 1.89. The molecule has 0 fully saturated rings. The van der Waals surface area contributed by atoms with E-state index in [-0.39, 0.29) is 6.04 Å². The van der Waals surface area contributed by atoms with Crippen molar-refractivity contribution in [3.05, 3.63) is 34.0 Å². The third-order valence-electron chi connectivity index (χ3n) is 2.86. The van der Waals surface area contributed by atoms with Crippen LogP contribution in [-0.2, 0) is 0 Å². The number of hydrogen-bond acceptors (Lipinski definition) is 1. The highest BCUT2D eigenvalue weighted by atomic mass is 35.5. The van der Waals surface area contributed by atoms with E-state index < -0.39 is 0 Å². The first-order valence-corrected chi connectivity index (χ1v) is 5.43. The van der Waals surface area contributed by atoms with Gasteiger partial charge in [-0.15, -0.1) is 0 Å². The predicted molar refractivity (Wildman–Crippen MR) is 65.4 cm³/mol. The van der Waals surface area contributed by atoms with Crippen molar-refractivity contribution >= 4 is 22.5 Å². The molecule has 1 heterocycles. The van der Waals surface area contributed by atoms with E-state index in [9.17, 15) is 0 Å². The number of aromatic amines is 1. The van der Waals surface area contributed by atoms with Gasteiger partial charge in [-0.3, -0.25) is 0 Å². The quantitative estimate of drug-likeness (QED) is 0.763. The van der Waals surface area contributed by atoms with Crippen LogP contribution in [0.4, 0.5) is 0 Å². The summed E-state index contributed by atoms with van der Waals surface area (Å²) in [6.07, 6.45) is 0. The third-order valence-corrected chi connectivity index (χ3v) is 3.17. The van der Waals surface area contributed by atoms with Crippen LogP contribution in [0.15, 0.2) is 12.1 Å². The zero-order chi connectivity index (χ0) is 11.2. The van der Waals surface area contributed by atoms with E-state index in [0.717, 1.165) is 27.2 Å². The predicted octanol–water partition coefficient (Wildman–Crippen LogP) is 3.46. The van der Waals surface area contributed by atoms with E-state index in [1.807, 2.05) is 19.1 Å². The number of benzene rings is 1. The van der Waals surface area contributed by atoms with Crippen LogP contribution < -0.4 is 5.73 Å². The van der Waals surface area contributed by atoms with Crippen LogP contribution in [0.5, 0.6) is 0 Å². The Morgan fingerprint density at radius 3 is 2.53 bits per heavy atom. The minimum absolute atomic E-state index is 0.00728. The summed E-state index contributed by atoms with van der Waals surface area (Å²) >= 11 is 6.19. The Kier molecular flexibility index (Phi) is 2.49. The number of aromatic nitrogens is 1. The van der Waals surface area contributed by atoms with Gasteiger partial charge in [0, 0.05) is 17.1 Å². The molecule has 0 aliphatic heterocycles. The Morgan fingerprint density at radius 2 is 2.00 bits per heavy atom. The molecule has 0 saturated carbocycles. The summed E-state index contributed by atoms with van der Waals surface area (Å²) in [6.45, 7) is 6.10. The number of rotatable bonds is 1. The molecule has 0 amide bonds. The maximum Gasteiger partial charge on any atom is 0.0504 e. The van der Waals surface area contributed by atoms with E-state index in [4.69, 9.17) is 17.3 Å². The average molecular weight is 223 g/mol. The van der Waals surface area contributed by atoms with E-state index in [2.05, 4.69) is 18.8 Å². The third kappa shape index (κ3) is 1.54. The lowest BCUT2D eigenvalue weighted by molar-refractivity contribution is 0.785. The molecular formula is C12H15ClN2. The molecule has 2 rings (SSSR count). The first-order chi connectivity index (χ1) is 7.02. The molecule has 80 valence electrons. The van der Waals surface area contributed by atoms with E-state index >= 15 is 0 Å². The number of nitrogens with one attached hydrogen (secondary N) is 1. The molecule has 0 radical (unpaired) electrons. The second kappa shape index (κ2) is 3.54. The fourth-order valence-corrected chi connectivity index (χ4v) is 2.33. The molecule has 0 spiro atoms. The fourth-order valence-electron chi connectivity index (χ4n) is 2.03. The largest absolute Gasteiger partial charge is 0.357 e. The molecule has 1 aromatic heterocycles. The Morgan fingerprint density at radius 1 is 1.33 bits per heavy atom. The van der Waals surface area contributed by atoms with Gasteiger partial charge in [-0.25, -0.2) is 0 Å². The van der Waals surface area contributed by atoms with Gasteiger partial charge in [0.05, 0.1) is 10.5 Å². The lowest BCUT2D eigenvalue weighted by Crippen LogP contribution is -2.06. The van der Waals surface area contributed by atoms with Gasteiger partial charge in [-0.1, -0.05) is 17.7 Å². The van der Waals surface area contributed by atoms with Gasteiger partial charge < -0.3 is 10.7 Å². The molecule has 3 heteroatoms. The van der Waals surface area contributed by atoms with Gasteiger partial charge in [-0.2, -0.15) is 0 Å². The molecule has 1 aromatic carbocycles. The number of nitrogens with two attached hydrogens (primary N) is 1. The summed E-state index contributed by atoms with van der Waals surface area (Å²) in [5.74, 6) is 0. The second-order valence-corrected chi connectivity index (χ2v) is 4.47. The van der Waals surface area contributed by atoms with Crippen molar-refractivity contribution in [3.63, 3.8) is 0 Å². The summed E-state index contributed by atoms with van der Waals surface area (Å²) < 4.78 is 0. The van der Waals surface area contributed by atoms with Gasteiger partial charge in [0.15, 0.2) is 0 Å². The monoisotopic (exact) mass is 222 g/mol. The molecule has 1 unspecified atom stereocenters. The Labute approximate surface area is 94.4 Å². The molecule has 0 saturated heterocycles. The van der Waals surface area contributed by atoms with E-state index in [1.54, 1.807) is 0 Å². The Hall–Kier alpha value is -0.990. The maximum absolute atomic E-state index is 6.19. The zero-order valence-corrected chi connectivity index (χ0v) is 9.94. The van der Waals surface area contributed by atoms with Crippen molar-refractivity contribution in [1.82, 2.24) is 4.98 Å². The van der Waals surface area contributed by atoms with Crippen LogP contribution in [0.1, 0.15) is 29.8 Å². The molecule has 15 heavy (non-hydrogen) atoms. The molecular weight excluding hydrogens is 208 g/mol. The molecule has 0 aliphatic carbocycles. The van der Waals surface area contributed by atoms with Gasteiger partial charge in [0.2, 0.25) is 0 Å². The number of halogens is 1. The minimum Gasteiger partial charge on any atom is -0.357 e. The van der Waals surface area contributed by atoms with Crippen molar-refractivity contribution in [2.75, 3.05) is 0 Å². The number of aryl methyl sites for hydroxylation is 2. The number of H-pyrrole nitrogens is 1. The van der Waals surface area contributed by atoms with Crippen molar-refractivity contribution in [1.29, 1.82) is 0 Å². The normalized spacial score (nSPS) is 13.4. The highest BCUT2D eigenvalue weighted by Crippen LogP contribution is 2.32. The average Bonchev–Trinajstić information content (AvgIpc) is 2.51. The molecule has 0 aliphatic rings. The van der Waals surface area contributed by atoms with Crippen LogP contribution in [0.2, 0.25) is 5.02 Å². The Balaban J connectivity index is 2.87. The van der Waals surface area contributed by atoms with Crippen LogP contribution in [0.3, 0.4) is 0 Å². The van der Waals surface area contributed by atoms with Crippen molar-refractivity contribution in [2.24, 2.45) is 5.73 Å². The highest BCUT2D eigenvalue weighted by molar-refractivity contribution is 6.35. The second-order valence-electron chi connectivity index (χ2n) is 4.07. The minimum atomic E-state index is 0.00728. The van der Waals surface area contributed by atoms with Gasteiger partial charge >= 0.3 is 0 Å². The lowest BCUT2D eigenvalue weighted by Gasteiger charge is -2.02. The van der Waals surface area contributed by atoms with Crippen molar-refractivity contribution in [2.45, 2.75) is 26.8 Å². The van der Waals surface area contributed by atoms with Crippen LogP contribution in [0, 0.1) is 13.8 Å². The number of hydrogen-bond donors (Lipinski definition) is 2. The highest BCUT2D eigenvalue weighted by Gasteiger charge is 2.14. The van der Waals surface area contributed by atoms with Gasteiger partial charge in [0.1, 0.15) is 0 Å². The van der Waals surface area contributed by atoms with Gasteiger partial charge in [-0.05, 0) is 38.0 Å². The lowest BCUT2D eigenvalue weighted by atomic mass is 10.1. The van der Waals surface area contributed by atoms with E-state index in [0.29, 0.717) is 0 Å². The standard InChI is InChI=1S/C12H15ClN2/c1-6-4-5-9(13)10-7(2)12(8(3)14)15-11(6)10/h4-5,8,15H,14H2,1-3H3. The maximum atomic E-state index is 6.19. The smallest absolute Gasteiger partial charge is 0.0504 e.